The lowest BCUT2D eigenvalue weighted by molar-refractivity contribution is -0.139. The van der Waals surface area contributed by atoms with Crippen molar-refractivity contribution in [1.82, 2.24) is 14.7 Å². The largest absolute Gasteiger partial charge is 0.495 e. The summed E-state index contributed by atoms with van der Waals surface area (Å²) in [6, 6.07) is 5.11. The van der Waals surface area contributed by atoms with Gasteiger partial charge in [-0.05, 0) is 18.2 Å². The first-order valence-corrected chi connectivity index (χ1v) is 11.3. The zero-order valence-electron chi connectivity index (χ0n) is 18.3. The van der Waals surface area contributed by atoms with E-state index in [9.17, 15) is 14.4 Å². The summed E-state index contributed by atoms with van der Waals surface area (Å²) < 4.78 is 10.7. The molecule has 3 amide bonds. The molecule has 32 heavy (non-hydrogen) atoms. The van der Waals surface area contributed by atoms with Crippen LogP contribution < -0.4 is 9.64 Å². The van der Waals surface area contributed by atoms with Crippen LogP contribution in [0.1, 0.15) is 6.42 Å². The Morgan fingerprint density at radius 2 is 1.81 bits per heavy atom. The van der Waals surface area contributed by atoms with Gasteiger partial charge in [-0.25, -0.2) is 0 Å². The molecule has 4 rings (SSSR count). The molecule has 9 nitrogen and oxygen atoms in total. The molecule has 3 aliphatic heterocycles. The molecule has 1 atom stereocenters. The Morgan fingerprint density at radius 3 is 2.50 bits per heavy atom. The molecular formula is C22H29ClN4O5. The molecule has 3 heterocycles. The van der Waals surface area contributed by atoms with Crippen LogP contribution >= 0.6 is 11.6 Å². The average molecular weight is 465 g/mol. The Bertz CT molecular complexity index is 868. The van der Waals surface area contributed by atoms with Crippen molar-refractivity contribution in [2.45, 2.75) is 6.42 Å². The summed E-state index contributed by atoms with van der Waals surface area (Å²) in [4.78, 5) is 45.6. The maximum absolute atomic E-state index is 13.1. The highest BCUT2D eigenvalue weighted by atomic mass is 35.5. The first-order valence-electron chi connectivity index (χ1n) is 11.0. The number of halogens is 1. The molecule has 3 saturated heterocycles. The minimum absolute atomic E-state index is 0.0130. The quantitative estimate of drug-likeness (QED) is 0.638. The number of ether oxygens (including phenoxy) is 2. The minimum atomic E-state index is -0.396. The molecule has 10 heteroatoms. The predicted molar refractivity (Wildman–Crippen MR) is 119 cm³/mol. The van der Waals surface area contributed by atoms with Crippen LogP contribution in [0.4, 0.5) is 5.69 Å². The van der Waals surface area contributed by atoms with Crippen LogP contribution in [-0.2, 0) is 19.1 Å². The third kappa shape index (κ3) is 5.00. The number of piperazine rings is 1. The van der Waals surface area contributed by atoms with Crippen LogP contribution in [0.2, 0.25) is 5.02 Å². The Kier molecular flexibility index (Phi) is 7.17. The molecule has 0 aliphatic carbocycles. The van der Waals surface area contributed by atoms with Crippen LogP contribution in [0.25, 0.3) is 0 Å². The minimum Gasteiger partial charge on any atom is -0.495 e. The van der Waals surface area contributed by atoms with Gasteiger partial charge in [-0.3, -0.25) is 19.3 Å². The number of hydrogen-bond acceptors (Lipinski definition) is 6. The van der Waals surface area contributed by atoms with E-state index in [2.05, 4.69) is 4.90 Å². The lowest BCUT2D eigenvalue weighted by Crippen LogP contribution is -2.53. The van der Waals surface area contributed by atoms with E-state index in [-0.39, 0.29) is 24.1 Å². The summed E-state index contributed by atoms with van der Waals surface area (Å²) in [6.45, 7) is 5.54. The molecule has 174 valence electrons. The first kappa shape index (κ1) is 22.8. The molecule has 0 radical (unpaired) electrons. The average Bonchev–Trinajstić information content (AvgIpc) is 3.21. The second kappa shape index (κ2) is 10.1. The van der Waals surface area contributed by atoms with E-state index in [1.165, 1.54) is 0 Å². The molecule has 1 aromatic carbocycles. The van der Waals surface area contributed by atoms with E-state index < -0.39 is 5.92 Å². The normalized spacial score (nSPS) is 22.4. The van der Waals surface area contributed by atoms with Gasteiger partial charge in [-0.2, -0.15) is 0 Å². The molecule has 0 saturated carbocycles. The Hall–Kier alpha value is -2.36. The molecule has 0 N–H and O–H groups in total. The molecule has 0 unspecified atom stereocenters. The highest BCUT2D eigenvalue weighted by Gasteiger charge is 2.39. The van der Waals surface area contributed by atoms with Gasteiger partial charge < -0.3 is 24.2 Å². The van der Waals surface area contributed by atoms with Crippen molar-refractivity contribution in [3.8, 4) is 5.75 Å². The lowest BCUT2D eigenvalue weighted by atomic mass is 10.1. The SMILES string of the molecule is COc1ccc(Cl)cc1N1C[C@H](C(=O)N2CCN(CC(=O)N3CCOCC3)CC2)CC1=O. The zero-order valence-corrected chi connectivity index (χ0v) is 19.1. The van der Waals surface area contributed by atoms with Crippen molar-refractivity contribution in [2.75, 3.05) is 77.6 Å². The fourth-order valence-electron chi connectivity index (χ4n) is 4.47. The van der Waals surface area contributed by atoms with Gasteiger partial charge in [0, 0.05) is 57.3 Å². The number of nitrogens with zero attached hydrogens (tertiary/aromatic N) is 4. The molecule has 1 aromatic rings. The summed E-state index contributed by atoms with van der Waals surface area (Å²) in [5, 5.41) is 0.506. The van der Waals surface area contributed by atoms with Crippen molar-refractivity contribution in [3.05, 3.63) is 23.2 Å². The second-order valence-electron chi connectivity index (χ2n) is 8.32. The Morgan fingerprint density at radius 1 is 1.09 bits per heavy atom. The number of morpholine rings is 1. The van der Waals surface area contributed by atoms with Gasteiger partial charge in [0.05, 0.1) is 38.5 Å². The number of hydrogen-bond donors (Lipinski definition) is 0. The molecule has 0 spiro atoms. The fraction of sp³-hybridized carbons (Fsp3) is 0.591. The molecular weight excluding hydrogens is 436 g/mol. The van der Waals surface area contributed by atoms with Gasteiger partial charge in [0.15, 0.2) is 0 Å². The summed E-state index contributed by atoms with van der Waals surface area (Å²) >= 11 is 6.11. The Balaban J connectivity index is 1.30. The smallest absolute Gasteiger partial charge is 0.236 e. The van der Waals surface area contributed by atoms with Crippen LogP contribution in [0.15, 0.2) is 18.2 Å². The number of benzene rings is 1. The van der Waals surface area contributed by atoms with Gasteiger partial charge in [0.1, 0.15) is 5.75 Å². The van der Waals surface area contributed by atoms with Gasteiger partial charge in [0.25, 0.3) is 0 Å². The second-order valence-corrected chi connectivity index (χ2v) is 8.75. The number of carbonyl (C=O) groups excluding carboxylic acids is 3. The number of amides is 3. The third-order valence-corrected chi connectivity index (χ3v) is 6.55. The van der Waals surface area contributed by atoms with Crippen LogP contribution in [0.5, 0.6) is 5.75 Å². The van der Waals surface area contributed by atoms with E-state index in [1.54, 1.807) is 30.2 Å². The summed E-state index contributed by atoms with van der Waals surface area (Å²) in [7, 11) is 1.54. The lowest BCUT2D eigenvalue weighted by Gasteiger charge is -2.36. The van der Waals surface area contributed by atoms with Gasteiger partial charge in [-0.1, -0.05) is 11.6 Å². The van der Waals surface area contributed by atoms with Crippen molar-refractivity contribution in [1.29, 1.82) is 0 Å². The summed E-state index contributed by atoms with van der Waals surface area (Å²) in [5.74, 6) is 0.141. The highest BCUT2D eigenvalue weighted by Crippen LogP contribution is 2.35. The Labute approximate surface area is 192 Å². The number of anilines is 1. The van der Waals surface area contributed by atoms with Crippen molar-refractivity contribution < 1.29 is 23.9 Å². The number of rotatable bonds is 5. The number of carbonyl (C=O) groups is 3. The highest BCUT2D eigenvalue weighted by molar-refractivity contribution is 6.31. The van der Waals surface area contributed by atoms with E-state index in [4.69, 9.17) is 21.1 Å². The molecule has 3 fully saturated rings. The predicted octanol–water partition coefficient (Wildman–Crippen LogP) is 0.705. The van der Waals surface area contributed by atoms with Crippen molar-refractivity contribution in [2.24, 2.45) is 5.92 Å². The van der Waals surface area contributed by atoms with E-state index >= 15 is 0 Å². The van der Waals surface area contributed by atoms with Crippen LogP contribution in [0.3, 0.4) is 0 Å². The van der Waals surface area contributed by atoms with Crippen LogP contribution in [0, 0.1) is 5.92 Å². The number of methoxy groups -OCH3 is 1. The van der Waals surface area contributed by atoms with E-state index in [0.717, 1.165) is 0 Å². The van der Waals surface area contributed by atoms with E-state index in [1.807, 2.05) is 9.80 Å². The monoisotopic (exact) mass is 464 g/mol. The molecule has 3 aliphatic rings. The topological polar surface area (TPSA) is 82.6 Å². The maximum atomic E-state index is 13.1. The van der Waals surface area contributed by atoms with Crippen LogP contribution in [-0.4, -0.2) is 105 Å². The zero-order chi connectivity index (χ0) is 22.7. The fourth-order valence-corrected chi connectivity index (χ4v) is 4.63. The molecule has 0 aromatic heterocycles. The van der Waals surface area contributed by atoms with Gasteiger partial charge in [0.2, 0.25) is 17.7 Å². The first-order chi connectivity index (χ1) is 15.5. The van der Waals surface area contributed by atoms with Crippen molar-refractivity contribution >= 4 is 35.0 Å². The third-order valence-electron chi connectivity index (χ3n) is 6.31. The maximum Gasteiger partial charge on any atom is 0.236 e. The standard InChI is InChI=1S/C22H29ClN4O5/c1-31-19-3-2-17(23)13-18(19)27-14-16(12-20(27)28)22(30)26-6-4-24(5-7-26)15-21(29)25-8-10-32-11-9-25/h2-3,13,16H,4-12,14-15H2,1H3/t16-/m1/s1. The van der Waals surface area contributed by atoms with E-state index in [0.29, 0.717) is 82.0 Å². The summed E-state index contributed by atoms with van der Waals surface area (Å²) in [5.41, 5.74) is 0.590. The summed E-state index contributed by atoms with van der Waals surface area (Å²) in [6.07, 6.45) is 0.171. The molecule has 0 bridgehead atoms. The van der Waals surface area contributed by atoms with Crippen molar-refractivity contribution in [3.63, 3.8) is 0 Å². The van der Waals surface area contributed by atoms with Gasteiger partial charge in [-0.15, -0.1) is 0 Å². The van der Waals surface area contributed by atoms with Gasteiger partial charge >= 0.3 is 0 Å².